The highest BCUT2D eigenvalue weighted by Gasteiger charge is 2.50. The molecule has 1 saturated carbocycles. The van der Waals surface area contributed by atoms with Crippen molar-refractivity contribution < 1.29 is 27.5 Å². The average Bonchev–Trinajstić information content (AvgIpc) is 3.91. The third-order valence-corrected chi connectivity index (χ3v) is 11.2. The maximum Gasteiger partial charge on any atom is 0.318 e. The van der Waals surface area contributed by atoms with Gasteiger partial charge in [-0.1, -0.05) is 74.5 Å². The molecule has 10 nitrogen and oxygen atoms in total. The van der Waals surface area contributed by atoms with Crippen LogP contribution in [0.25, 0.3) is 0 Å². The molecule has 0 spiro atoms. The Kier molecular flexibility index (Phi) is 11.0. The summed E-state index contributed by atoms with van der Waals surface area (Å²) in [6, 6.07) is 17.2. The maximum absolute atomic E-state index is 13.9. The second kappa shape index (κ2) is 14.3. The molecule has 1 aliphatic carbocycles. The van der Waals surface area contributed by atoms with E-state index >= 15 is 0 Å². The van der Waals surface area contributed by atoms with Crippen LogP contribution in [0, 0.1) is 5.92 Å². The highest BCUT2D eigenvalue weighted by atomic mass is 32.2. The Morgan fingerprint density at radius 2 is 1.47 bits per heavy atom. The van der Waals surface area contributed by atoms with Crippen LogP contribution < -0.4 is 16.0 Å². The largest absolute Gasteiger partial charge is 0.367 e. The number of hydrogen-bond donors (Lipinski definition) is 3. The summed E-state index contributed by atoms with van der Waals surface area (Å²) >= 11 is 0. The van der Waals surface area contributed by atoms with Crippen molar-refractivity contribution in [3.8, 4) is 0 Å². The Hall–Kier alpha value is -3.44. The van der Waals surface area contributed by atoms with Crippen molar-refractivity contribution in [1.82, 2.24) is 20.9 Å². The van der Waals surface area contributed by atoms with Crippen LogP contribution in [0.2, 0.25) is 0 Å². The summed E-state index contributed by atoms with van der Waals surface area (Å²) in [7, 11) is -2.12. The van der Waals surface area contributed by atoms with Crippen molar-refractivity contribution in [3.63, 3.8) is 0 Å². The first-order valence-corrected chi connectivity index (χ1v) is 17.6. The van der Waals surface area contributed by atoms with Crippen LogP contribution in [-0.4, -0.2) is 85.6 Å². The van der Waals surface area contributed by atoms with Crippen LogP contribution in [0.3, 0.4) is 0 Å². The van der Waals surface area contributed by atoms with Crippen molar-refractivity contribution in [2.45, 2.75) is 101 Å². The first kappa shape index (κ1) is 34.4. The van der Waals surface area contributed by atoms with Crippen LogP contribution in [0.5, 0.6) is 0 Å². The molecule has 4 amide bonds. The summed E-state index contributed by atoms with van der Waals surface area (Å²) in [5, 5.41) is 8.86. The fourth-order valence-corrected chi connectivity index (χ4v) is 6.04. The number of rotatable bonds is 15. The van der Waals surface area contributed by atoms with E-state index in [9.17, 15) is 22.8 Å². The molecule has 45 heavy (non-hydrogen) atoms. The second-order valence-electron chi connectivity index (χ2n) is 13.4. The van der Waals surface area contributed by atoms with Crippen LogP contribution >= 0.6 is 0 Å². The number of amides is 4. The number of ether oxygens (including phenoxy) is 1. The fourth-order valence-electron chi connectivity index (χ4n) is 5.45. The Labute approximate surface area is 267 Å². The molecule has 0 bridgehead atoms. The molecular formula is C34H48N4O6S. The van der Waals surface area contributed by atoms with E-state index in [-0.39, 0.29) is 30.3 Å². The fraction of sp³-hybridized carbons (Fsp3) is 0.559. The lowest BCUT2D eigenvalue weighted by molar-refractivity contribution is -0.124. The van der Waals surface area contributed by atoms with Gasteiger partial charge in [-0.3, -0.25) is 9.59 Å². The number of benzene rings is 2. The number of epoxide rings is 1. The highest BCUT2D eigenvalue weighted by Crippen LogP contribution is 2.31. The minimum absolute atomic E-state index is 0.0479. The Morgan fingerprint density at radius 3 is 1.98 bits per heavy atom. The van der Waals surface area contributed by atoms with Gasteiger partial charge < -0.3 is 25.6 Å². The molecule has 2 aromatic carbocycles. The number of nitrogens with zero attached hydrogens (tertiary/aromatic N) is 1. The maximum atomic E-state index is 13.9. The summed E-state index contributed by atoms with van der Waals surface area (Å²) in [6.45, 7) is 7.03. The lowest BCUT2D eigenvalue weighted by Crippen LogP contribution is -2.63. The van der Waals surface area contributed by atoms with Gasteiger partial charge in [-0.05, 0) is 56.6 Å². The molecule has 1 unspecified atom stereocenters. The molecule has 11 heteroatoms. The number of nitrogens with one attached hydrogen (secondary N) is 3. The highest BCUT2D eigenvalue weighted by molar-refractivity contribution is 7.92. The van der Waals surface area contributed by atoms with E-state index in [0.717, 1.165) is 30.2 Å². The van der Waals surface area contributed by atoms with Gasteiger partial charge >= 0.3 is 6.03 Å². The predicted octanol–water partition coefficient (Wildman–Crippen LogP) is 3.25. The number of carbonyl (C=O) groups excluding carboxylic acids is 3. The van der Waals surface area contributed by atoms with Crippen LogP contribution in [-0.2, 0) is 37.0 Å². The van der Waals surface area contributed by atoms with Crippen LogP contribution in [0.15, 0.2) is 60.7 Å². The Balaban J connectivity index is 1.47. The molecule has 1 heterocycles. The molecule has 2 fully saturated rings. The monoisotopic (exact) mass is 640 g/mol. The normalized spacial score (nSPS) is 20.1. The van der Waals surface area contributed by atoms with E-state index in [1.165, 1.54) is 18.7 Å². The molecule has 0 radical (unpaired) electrons. The van der Waals surface area contributed by atoms with Gasteiger partial charge in [-0.2, -0.15) is 0 Å². The topological polar surface area (TPSA) is 137 Å². The molecule has 4 rings (SSSR count). The zero-order chi connectivity index (χ0) is 32.9. The molecule has 1 saturated heterocycles. The van der Waals surface area contributed by atoms with E-state index in [4.69, 9.17) is 4.74 Å². The van der Waals surface area contributed by atoms with Gasteiger partial charge in [-0.15, -0.1) is 0 Å². The standard InChI is InChI=1S/C34H48N4O6S/c1-22(2)26(19-23-13-9-7-10-14-23)35-29(39)21-28-30(44-28)27(20-24-15-11-8-12-16-24)36-32(40)31(34(3,4)45(6,42)43)37-33(41)38(5)25-17-18-25/h7-16,22,25-28,30-31H,17-21H2,1-6H3,(H,35,39)(H,36,40)(H,37,41)/t26?,27-,28-,30+,31+/m0/s1. The van der Waals surface area contributed by atoms with Gasteiger partial charge in [0.25, 0.3) is 0 Å². The van der Waals surface area contributed by atoms with E-state index in [1.54, 1.807) is 7.05 Å². The van der Waals surface area contributed by atoms with E-state index in [0.29, 0.717) is 12.8 Å². The summed E-state index contributed by atoms with van der Waals surface area (Å²) in [4.78, 5) is 41.6. The molecule has 2 aliphatic rings. The number of hydrogen-bond acceptors (Lipinski definition) is 6. The molecule has 0 aromatic heterocycles. The van der Waals surface area contributed by atoms with Crippen molar-refractivity contribution in [2.24, 2.45) is 5.92 Å². The Morgan fingerprint density at radius 1 is 0.911 bits per heavy atom. The minimum atomic E-state index is -3.77. The van der Waals surface area contributed by atoms with Crippen molar-refractivity contribution in [3.05, 3.63) is 71.8 Å². The minimum Gasteiger partial charge on any atom is -0.367 e. The molecular weight excluding hydrogens is 592 g/mol. The van der Waals surface area contributed by atoms with Gasteiger partial charge in [0, 0.05) is 25.4 Å². The first-order valence-electron chi connectivity index (χ1n) is 15.7. The number of sulfone groups is 1. The van der Waals surface area contributed by atoms with Gasteiger partial charge in [-0.25, -0.2) is 13.2 Å². The van der Waals surface area contributed by atoms with Crippen molar-refractivity contribution >= 4 is 27.7 Å². The van der Waals surface area contributed by atoms with Crippen molar-refractivity contribution in [2.75, 3.05) is 13.3 Å². The number of urea groups is 1. The summed E-state index contributed by atoms with van der Waals surface area (Å²) < 4.78 is 30.1. The molecule has 2 aromatic rings. The molecule has 3 N–H and O–H groups in total. The molecule has 5 atom stereocenters. The van der Waals surface area contributed by atoms with Gasteiger partial charge in [0.2, 0.25) is 11.8 Å². The third-order valence-electron chi connectivity index (χ3n) is 9.08. The van der Waals surface area contributed by atoms with E-state index in [1.807, 2.05) is 60.7 Å². The van der Waals surface area contributed by atoms with Crippen LogP contribution in [0.1, 0.15) is 58.1 Å². The molecule has 1 aliphatic heterocycles. The zero-order valence-electron chi connectivity index (χ0n) is 27.2. The van der Waals surface area contributed by atoms with E-state index in [2.05, 4.69) is 29.8 Å². The lowest BCUT2D eigenvalue weighted by atomic mass is 9.95. The number of carbonyl (C=O) groups is 3. The predicted molar refractivity (Wildman–Crippen MR) is 174 cm³/mol. The lowest BCUT2D eigenvalue weighted by Gasteiger charge is -2.34. The van der Waals surface area contributed by atoms with Gasteiger partial charge in [0.05, 0.1) is 23.3 Å². The van der Waals surface area contributed by atoms with Crippen molar-refractivity contribution in [1.29, 1.82) is 0 Å². The summed E-state index contributed by atoms with van der Waals surface area (Å²) in [6.07, 6.45) is 3.17. The zero-order valence-corrected chi connectivity index (χ0v) is 28.0. The Bertz CT molecular complexity index is 1430. The second-order valence-corrected chi connectivity index (χ2v) is 16.0. The average molecular weight is 641 g/mol. The SMILES string of the molecule is CC(C)C(Cc1ccccc1)NC(=O)C[C@@H]1O[C@@H]1[C@H](Cc1ccccc1)NC(=O)[C@@H](NC(=O)N(C)C1CC1)C(C)(C)S(C)(=O)=O. The third kappa shape index (κ3) is 9.29. The van der Waals surface area contributed by atoms with E-state index < -0.39 is 50.8 Å². The molecule has 246 valence electrons. The van der Waals surface area contributed by atoms with Gasteiger partial charge in [0.15, 0.2) is 9.84 Å². The summed E-state index contributed by atoms with van der Waals surface area (Å²) in [5.74, 6) is -0.529. The quantitative estimate of drug-likeness (QED) is 0.256. The van der Waals surface area contributed by atoms with Gasteiger partial charge in [0.1, 0.15) is 12.1 Å². The first-order chi connectivity index (χ1) is 21.2. The van der Waals surface area contributed by atoms with Crippen LogP contribution in [0.4, 0.5) is 4.79 Å². The smallest absolute Gasteiger partial charge is 0.318 e. The summed E-state index contributed by atoms with van der Waals surface area (Å²) in [5.41, 5.74) is 2.09.